The van der Waals surface area contributed by atoms with Crippen molar-refractivity contribution in [3.63, 3.8) is 0 Å². The van der Waals surface area contributed by atoms with Crippen molar-refractivity contribution >= 4 is 5.97 Å². The molecule has 2 aliphatic rings. The summed E-state index contributed by atoms with van der Waals surface area (Å²) in [6, 6.07) is 14.5. The molecule has 0 amide bonds. The number of esters is 1. The lowest BCUT2D eigenvalue weighted by molar-refractivity contribution is -0.140. The lowest BCUT2D eigenvalue weighted by Gasteiger charge is -2.42. The van der Waals surface area contributed by atoms with Gasteiger partial charge in [0.25, 0.3) is 0 Å². The first kappa shape index (κ1) is 36.7. The topological polar surface area (TPSA) is 115 Å². The van der Waals surface area contributed by atoms with Gasteiger partial charge in [0.1, 0.15) is 31.3 Å². The van der Waals surface area contributed by atoms with E-state index in [1.165, 1.54) is 69.8 Å². The smallest absolute Gasteiger partial charge is 0.335 e. The Bertz CT molecular complexity index is 1290. The number of fused-ring (bicyclic) bond motifs is 1. The number of rotatable bonds is 19. The van der Waals surface area contributed by atoms with Crippen molar-refractivity contribution < 1.29 is 39.1 Å². The summed E-state index contributed by atoms with van der Waals surface area (Å²) >= 11 is 0. The van der Waals surface area contributed by atoms with Crippen molar-refractivity contribution in [1.29, 1.82) is 0 Å². The number of hydrogen-bond acceptors (Lipinski definition) is 8. The van der Waals surface area contributed by atoms with Crippen molar-refractivity contribution in [2.45, 2.75) is 83.3 Å². The van der Waals surface area contributed by atoms with E-state index in [4.69, 9.17) is 29.2 Å². The number of hydrogen-bond donors (Lipinski definition) is 3. The van der Waals surface area contributed by atoms with Crippen LogP contribution in [0.15, 0.2) is 66.8 Å². The monoisotopic (exact) mass is 650 g/mol. The van der Waals surface area contributed by atoms with E-state index in [2.05, 4.69) is 44.3 Å². The Balaban J connectivity index is 1.38. The molecule has 4 rings (SSSR count). The molecule has 2 saturated carbocycles. The number of unbranched alkanes of at least 4 members (excludes halogenated alkanes) is 2. The van der Waals surface area contributed by atoms with Crippen molar-refractivity contribution in [2.75, 3.05) is 39.6 Å². The van der Waals surface area contributed by atoms with E-state index >= 15 is 0 Å². The molecule has 5 unspecified atom stereocenters. The van der Waals surface area contributed by atoms with Gasteiger partial charge in [0, 0.05) is 11.6 Å². The molecule has 0 radical (unpaired) electrons. The third-order valence-corrected chi connectivity index (χ3v) is 9.78. The van der Waals surface area contributed by atoms with Crippen molar-refractivity contribution in [3.05, 3.63) is 72.3 Å². The van der Waals surface area contributed by atoms with Crippen LogP contribution in [0.3, 0.4) is 0 Å². The minimum absolute atomic E-state index is 0.00378. The summed E-state index contributed by atoms with van der Waals surface area (Å²) in [5.74, 6) is 3.75. The highest BCUT2D eigenvalue weighted by molar-refractivity contribution is 5.87. The van der Waals surface area contributed by atoms with Crippen LogP contribution in [0, 0.1) is 17.8 Å². The zero-order chi connectivity index (χ0) is 33.6. The molecule has 3 N–H and O–H groups in total. The second kappa shape index (κ2) is 19.0. The van der Waals surface area contributed by atoms with E-state index in [0.717, 1.165) is 28.9 Å². The first-order chi connectivity index (χ1) is 22.8. The van der Waals surface area contributed by atoms with Crippen LogP contribution in [0.4, 0.5) is 0 Å². The molecular weight excluding hydrogens is 596 g/mol. The fourth-order valence-corrected chi connectivity index (χ4v) is 7.06. The Morgan fingerprint density at radius 2 is 1.51 bits per heavy atom. The van der Waals surface area contributed by atoms with Crippen molar-refractivity contribution in [1.82, 2.24) is 0 Å². The molecule has 2 aliphatic carbocycles. The fourth-order valence-electron chi connectivity index (χ4n) is 7.06. The zero-order valence-corrected chi connectivity index (χ0v) is 28.0. The molecule has 0 aromatic heterocycles. The molecule has 2 aromatic carbocycles. The lowest BCUT2D eigenvalue weighted by atomic mass is 9.63. The van der Waals surface area contributed by atoms with E-state index in [0.29, 0.717) is 17.4 Å². The first-order valence-electron chi connectivity index (χ1n) is 17.4. The highest BCUT2D eigenvalue weighted by atomic mass is 16.6. The van der Waals surface area contributed by atoms with Crippen LogP contribution < -0.4 is 9.47 Å². The second-order valence-electron chi connectivity index (χ2n) is 13.2. The molecule has 0 saturated heterocycles. The van der Waals surface area contributed by atoms with E-state index in [-0.39, 0.29) is 44.2 Å². The summed E-state index contributed by atoms with van der Waals surface area (Å²) in [4.78, 5) is 11.8. The number of carbonyl (C=O) groups excluding carboxylic acids is 1. The summed E-state index contributed by atoms with van der Waals surface area (Å²) in [5, 5.41) is 28.0. The van der Waals surface area contributed by atoms with Crippen LogP contribution in [-0.2, 0) is 14.3 Å². The molecule has 5 atom stereocenters. The minimum Gasteiger partial charge on any atom is -0.491 e. The predicted octanol–water partition coefficient (Wildman–Crippen LogP) is 6.97. The lowest BCUT2D eigenvalue weighted by Crippen LogP contribution is -2.30. The number of benzene rings is 2. The Morgan fingerprint density at radius 1 is 0.830 bits per heavy atom. The Hall–Kier alpha value is -3.17. The highest BCUT2D eigenvalue weighted by Gasteiger charge is 2.35. The number of aliphatic hydroxyl groups excluding tert-OH is 3. The standard InChI is InChI=1S/C39H54O8/c1-4-5-6-7-29-8-9-34-21-33(15-14-32(34)20-29)30-10-12-31(13-11-30)35-22-36(44-16-18-46-38(42)27(2)25-40)24-37(23-35)45-17-19-47-39(43)28(3)26-41/h10-13,22-24,29,32-34,38,40-42H,2-9,14-21,25-26H2,1H3. The van der Waals surface area contributed by atoms with Crippen molar-refractivity contribution in [3.8, 4) is 22.6 Å². The van der Waals surface area contributed by atoms with Gasteiger partial charge in [0.15, 0.2) is 6.29 Å². The Labute approximate surface area is 280 Å². The van der Waals surface area contributed by atoms with Crippen molar-refractivity contribution in [2.24, 2.45) is 17.8 Å². The molecule has 8 nitrogen and oxygen atoms in total. The van der Waals surface area contributed by atoms with Gasteiger partial charge in [-0.15, -0.1) is 0 Å². The van der Waals surface area contributed by atoms with Gasteiger partial charge in [0.05, 0.1) is 25.4 Å². The summed E-state index contributed by atoms with van der Waals surface area (Å²) in [6.07, 6.45) is 12.4. The molecule has 0 heterocycles. The molecular formula is C39H54O8. The van der Waals surface area contributed by atoms with E-state index < -0.39 is 18.9 Å². The third-order valence-electron chi connectivity index (χ3n) is 9.78. The van der Waals surface area contributed by atoms with Gasteiger partial charge in [0.2, 0.25) is 0 Å². The average Bonchev–Trinajstić information content (AvgIpc) is 3.10. The zero-order valence-electron chi connectivity index (χ0n) is 28.0. The fraction of sp³-hybridized carbons (Fsp3) is 0.564. The number of carbonyl (C=O) groups is 1. The summed E-state index contributed by atoms with van der Waals surface area (Å²) in [5.41, 5.74) is 3.51. The van der Waals surface area contributed by atoms with Gasteiger partial charge in [-0.3, -0.25) is 0 Å². The van der Waals surface area contributed by atoms with Gasteiger partial charge in [-0.2, -0.15) is 0 Å². The normalized spacial score (nSPS) is 21.4. The van der Waals surface area contributed by atoms with Gasteiger partial charge >= 0.3 is 5.97 Å². The van der Waals surface area contributed by atoms with Crippen LogP contribution in [0.2, 0.25) is 0 Å². The molecule has 2 aromatic rings. The van der Waals surface area contributed by atoms with E-state index in [1.807, 2.05) is 12.1 Å². The van der Waals surface area contributed by atoms with Crippen LogP contribution >= 0.6 is 0 Å². The maximum absolute atomic E-state index is 11.8. The summed E-state index contributed by atoms with van der Waals surface area (Å²) in [6.45, 7) is 8.84. The first-order valence-corrected chi connectivity index (χ1v) is 17.4. The van der Waals surface area contributed by atoms with Gasteiger partial charge in [-0.1, -0.05) is 76.5 Å². The molecule has 0 aliphatic heterocycles. The van der Waals surface area contributed by atoms with E-state index in [1.54, 1.807) is 6.07 Å². The predicted molar refractivity (Wildman–Crippen MR) is 183 cm³/mol. The van der Waals surface area contributed by atoms with Crippen LogP contribution in [0.5, 0.6) is 11.5 Å². The molecule has 0 spiro atoms. The van der Waals surface area contributed by atoms with Crippen LogP contribution in [0.1, 0.15) is 82.6 Å². The highest BCUT2D eigenvalue weighted by Crippen LogP contribution is 2.48. The summed E-state index contributed by atoms with van der Waals surface area (Å²) in [7, 11) is 0. The maximum Gasteiger partial charge on any atom is 0.335 e. The second-order valence-corrected chi connectivity index (χ2v) is 13.2. The van der Waals surface area contributed by atoms with Crippen LogP contribution in [0.25, 0.3) is 11.1 Å². The largest absolute Gasteiger partial charge is 0.491 e. The Morgan fingerprint density at radius 3 is 2.19 bits per heavy atom. The third kappa shape index (κ3) is 11.2. The molecule has 258 valence electrons. The average molecular weight is 651 g/mol. The van der Waals surface area contributed by atoms with E-state index in [9.17, 15) is 9.90 Å². The number of ether oxygens (including phenoxy) is 4. The molecule has 8 heteroatoms. The molecule has 2 fully saturated rings. The minimum atomic E-state index is -1.27. The SMILES string of the molecule is C=C(CO)C(=O)OCCOc1cc(OCCOC(O)C(=C)CO)cc(-c2ccc(C3CCC4CC(CCCCC)CCC4C3)cc2)c1. The summed E-state index contributed by atoms with van der Waals surface area (Å²) < 4.78 is 22.2. The molecule has 0 bridgehead atoms. The van der Waals surface area contributed by atoms with Gasteiger partial charge in [-0.05, 0) is 84.6 Å². The maximum atomic E-state index is 11.8. The number of aliphatic hydroxyl groups is 3. The van der Waals surface area contributed by atoms with Gasteiger partial charge in [-0.25, -0.2) is 4.79 Å². The Kier molecular flexibility index (Phi) is 14.8. The molecule has 47 heavy (non-hydrogen) atoms. The quantitative estimate of drug-likeness (QED) is 0.0491. The van der Waals surface area contributed by atoms with Gasteiger partial charge < -0.3 is 34.3 Å². The van der Waals surface area contributed by atoms with Crippen LogP contribution in [-0.4, -0.2) is 67.2 Å².